The number of likely N-dealkylation sites (tertiary alicyclic amines) is 1. The number of hydrogen-bond acceptors (Lipinski definition) is 4. The molecule has 1 aliphatic heterocycles. The fraction of sp³-hybridized carbons (Fsp3) is 0.478. The summed E-state index contributed by atoms with van der Waals surface area (Å²) in [4.78, 5) is 14.4. The second-order valence-electron chi connectivity index (χ2n) is 7.96. The molecule has 0 unspecified atom stereocenters. The van der Waals surface area contributed by atoms with Crippen LogP contribution >= 0.6 is 0 Å². The van der Waals surface area contributed by atoms with Gasteiger partial charge in [-0.2, -0.15) is 0 Å². The van der Waals surface area contributed by atoms with Crippen LogP contribution in [0.1, 0.15) is 72.3 Å². The van der Waals surface area contributed by atoms with Gasteiger partial charge in [-0.05, 0) is 86.8 Å². The fourth-order valence-electron chi connectivity index (χ4n) is 4.66. The lowest BCUT2D eigenvalue weighted by Crippen LogP contribution is -2.32. The molecule has 148 valence electrons. The lowest BCUT2D eigenvalue weighted by atomic mass is 9.84. The van der Waals surface area contributed by atoms with Crippen LogP contribution in [-0.4, -0.2) is 35.6 Å². The summed E-state index contributed by atoms with van der Waals surface area (Å²) >= 11 is 0. The van der Waals surface area contributed by atoms with Crippen molar-refractivity contribution in [2.24, 2.45) is 5.73 Å². The van der Waals surface area contributed by atoms with E-state index in [4.69, 9.17) is 10.3 Å². The Morgan fingerprint density at radius 3 is 2.71 bits per heavy atom. The first-order valence-electron chi connectivity index (χ1n) is 10.4. The number of allylic oxidation sites excluding steroid dienone is 2. The van der Waals surface area contributed by atoms with Crippen molar-refractivity contribution in [1.82, 2.24) is 10.1 Å². The average Bonchev–Trinajstić information content (AvgIpc) is 3.37. The first-order chi connectivity index (χ1) is 13.6. The maximum atomic E-state index is 11.9. The molecule has 0 radical (unpaired) electrons. The zero-order valence-corrected chi connectivity index (χ0v) is 16.8. The molecule has 2 N–H and O–H groups in total. The van der Waals surface area contributed by atoms with Crippen LogP contribution in [-0.2, 0) is 0 Å². The fourth-order valence-corrected chi connectivity index (χ4v) is 4.66. The lowest BCUT2D eigenvalue weighted by Gasteiger charge is -2.31. The molecule has 1 amide bonds. The van der Waals surface area contributed by atoms with Gasteiger partial charge in [0.25, 0.3) is 5.91 Å². The van der Waals surface area contributed by atoms with Gasteiger partial charge in [-0.15, -0.1) is 0 Å². The minimum Gasteiger partial charge on any atom is -0.364 e. The van der Waals surface area contributed by atoms with E-state index in [1.807, 2.05) is 6.92 Å². The minimum absolute atomic E-state index is 0.223. The smallest absolute Gasteiger partial charge is 0.271 e. The van der Waals surface area contributed by atoms with E-state index in [0.717, 1.165) is 43.6 Å². The SMILES string of the molecule is CCN1CCC(c2ccc(-c3c(C(N)=O)noc3C)c(C3=CCCC3)c2)CC1. The van der Waals surface area contributed by atoms with Crippen molar-refractivity contribution in [3.05, 3.63) is 46.9 Å². The van der Waals surface area contributed by atoms with Crippen molar-refractivity contribution >= 4 is 11.5 Å². The van der Waals surface area contributed by atoms with Gasteiger partial charge >= 0.3 is 0 Å². The van der Waals surface area contributed by atoms with Gasteiger partial charge in [0.1, 0.15) is 5.76 Å². The number of aryl methyl sites for hydroxylation is 1. The van der Waals surface area contributed by atoms with Crippen LogP contribution in [0.4, 0.5) is 0 Å². The average molecular weight is 380 g/mol. The van der Waals surface area contributed by atoms with Crippen molar-refractivity contribution in [3.63, 3.8) is 0 Å². The molecule has 0 bridgehead atoms. The zero-order chi connectivity index (χ0) is 19.7. The van der Waals surface area contributed by atoms with Gasteiger partial charge in [-0.3, -0.25) is 4.79 Å². The Morgan fingerprint density at radius 2 is 2.07 bits per heavy atom. The van der Waals surface area contributed by atoms with E-state index < -0.39 is 5.91 Å². The second kappa shape index (κ2) is 7.92. The quantitative estimate of drug-likeness (QED) is 0.829. The largest absolute Gasteiger partial charge is 0.364 e. The van der Waals surface area contributed by atoms with Crippen LogP contribution in [0.5, 0.6) is 0 Å². The standard InChI is InChI=1S/C23H29N3O2/c1-3-26-12-10-16(11-13-26)18-8-9-19(20(14-18)17-6-4-5-7-17)21-15(2)28-25-22(21)23(24)27/h6,8-9,14,16H,3-5,7,10-13H2,1-2H3,(H2,24,27). The number of aromatic nitrogens is 1. The summed E-state index contributed by atoms with van der Waals surface area (Å²) in [5, 5.41) is 3.91. The molecular formula is C23H29N3O2. The maximum Gasteiger partial charge on any atom is 0.271 e. The molecular weight excluding hydrogens is 350 g/mol. The van der Waals surface area contributed by atoms with Crippen molar-refractivity contribution < 1.29 is 9.32 Å². The molecule has 1 fully saturated rings. The number of hydrogen-bond donors (Lipinski definition) is 1. The summed E-state index contributed by atoms with van der Waals surface area (Å²) in [5.74, 6) is 0.684. The van der Waals surface area contributed by atoms with E-state index in [1.54, 1.807) is 0 Å². The molecule has 2 aliphatic rings. The molecule has 5 heteroatoms. The summed E-state index contributed by atoms with van der Waals surface area (Å²) in [6.07, 6.45) is 8.09. The summed E-state index contributed by atoms with van der Waals surface area (Å²) in [6, 6.07) is 6.70. The highest BCUT2D eigenvalue weighted by molar-refractivity contribution is 6.00. The Morgan fingerprint density at radius 1 is 1.29 bits per heavy atom. The predicted molar refractivity (Wildman–Crippen MR) is 111 cm³/mol. The monoisotopic (exact) mass is 379 g/mol. The third kappa shape index (κ3) is 3.51. The minimum atomic E-state index is -0.547. The number of amides is 1. The molecule has 1 aromatic carbocycles. The first-order valence-corrected chi connectivity index (χ1v) is 10.4. The van der Waals surface area contributed by atoms with Gasteiger partial charge < -0.3 is 15.2 Å². The van der Waals surface area contributed by atoms with Crippen LogP contribution in [0.25, 0.3) is 16.7 Å². The first kappa shape index (κ1) is 18.9. The Balaban J connectivity index is 1.76. The molecule has 4 rings (SSSR count). The summed E-state index contributed by atoms with van der Waals surface area (Å²) < 4.78 is 5.32. The lowest BCUT2D eigenvalue weighted by molar-refractivity contribution is 0.0992. The molecule has 1 aliphatic carbocycles. The molecule has 0 saturated carbocycles. The van der Waals surface area contributed by atoms with Crippen LogP contribution < -0.4 is 5.73 Å². The van der Waals surface area contributed by atoms with E-state index >= 15 is 0 Å². The number of nitrogens with zero attached hydrogens (tertiary/aromatic N) is 2. The van der Waals surface area contributed by atoms with Gasteiger partial charge in [-0.1, -0.05) is 36.4 Å². The number of primary amides is 1. The van der Waals surface area contributed by atoms with Crippen molar-refractivity contribution in [2.45, 2.75) is 51.9 Å². The highest BCUT2D eigenvalue weighted by atomic mass is 16.5. The number of nitrogens with two attached hydrogens (primary N) is 1. The molecule has 0 atom stereocenters. The van der Waals surface area contributed by atoms with E-state index in [0.29, 0.717) is 11.7 Å². The Kier molecular flexibility index (Phi) is 5.36. The summed E-state index contributed by atoms with van der Waals surface area (Å²) in [5.41, 5.74) is 11.5. The van der Waals surface area contributed by atoms with Crippen molar-refractivity contribution in [2.75, 3.05) is 19.6 Å². The zero-order valence-electron chi connectivity index (χ0n) is 16.8. The van der Waals surface area contributed by atoms with Crippen LogP contribution in [0, 0.1) is 6.92 Å². The number of benzene rings is 1. The Hall–Kier alpha value is -2.40. The normalized spacial score (nSPS) is 18.4. The van der Waals surface area contributed by atoms with Gasteiger partial charge in [0.05, 0.1) is 5.56 Å². The van der Waals surface area contributed by atoms with Gasteiger partial charge in [0.15, 0.2) is 5.69 Å². The Labute approximate surface area is 166 Å². The van der Waals surface area contributed by atoms with Crippen molar-refractivity contribution in [3.8, 4) is 11.1 Å². The molecule has 2 heterocycles. The number of carbonyl (C=O) groups excluding carboxylic acids is 1. The predicted octanol–water partition coefficient (Wildman–Crippen LogP) is 4.52. The van der Waals surface area contributed by atoms with E-state index in [2.05, 4.69) is 41.3 Å². The number of piperidine rings is 1. The summed E-state index contributed by atoms with van der Waals surface area (Å²) in [7, 11) is 0. The van der Waals surface area contributed by atoms with Gasteiger partial charge in [-0.25, -0.2) is 0 Å². The molecule has 0 spiro atoms. The summed E-state index contributed by atoms with van der Waals surface area (Å²) in [6.45, 7) is 7.54. The van der Waals surface area contributed by atoms with Gasteiger partial charge in [0.2, 0.25) is 0 Å². The highest BCUT2D eigenvalue weighted by Crippen LogP contribution is 2.40. The van der Waals surface area contributed by atoms with E-state index in [-0.39, 0.29) is 5.69 Å². The van der Waals surface area contributed by atoms with Crippen molar-refractivity contribution in [1.29, 1.82) is 0 Å². The third-order valence-electron chi connectivity index (χ3n) is 6.30. The van der Waals surface area contributed by atoms with Crippen LogP contribution in [0.15, 0.2) is 28.8 Å². The maximum absolute atomic E-state index is 11.9. The van der Waals surface area contributed by atoms with E-state index in [1.165, 1.54) is 36.0 Å². The van der Waals surface area contributed by atoms with Gasteiger partial charge in [0, 0.05) is 0 Å². The van der Waals surface area contributed by atoms with E-state index in [9.17, 15) is 4.79 Å². The second-order valence-corrected chi connectivity index (χ2v) is 7.96. The number of carbonyl (C=O) groups is 1. The number of rotatable bonds is 5. The Bertz CT molecular complexity index is 905. The topological polar surface area (TPSA) is 72.4 Å². The van der Waals surface area contributed by atoms with Crippen LogP contribution in [0.3, 0.4) is 0 Å². The highest BCUT2D eigenvalue weighted by Gasteiger charge is 2.25. The molecule has 1 saturated heterocycles. The molecule has 1 aromatic heterocycles. The van der Waals surface area contributed by atoms with Crippen LogP contribution in [0.2, 0.25) is 0 Å². The molecule has 5 nitrogen and oxygen atoms in total. The molecule has 28 heavy (non-hydrogen) atoms. The third-order valence-corrected chi connectivity index (χ3v) is 6.30. The molecule has 2 aromatic rings.